The van der Waals surface area contributed by atoms with Crippen LogP contribution in [-0.2, 0) is 17.7 Å². The molecule has 0 radical (unpaired) electrons. The van der Waals surface area contributed by atoms with E-state index in [1.807, 2.05) is 12.3 Å². The second kappa shape index (κ2) is 4.04. The van der Waals surface area contributed by atoms with Crippen molar-refractivity contribution in [2.45, 2.75) is 19.0 Å². The molecule has 2 unspecified atom stereocenters. The number of aryl methyl sites for hydroxylation is 1. The number of pyridine rings is 1. The van der Waals surface area contributed by atoms with E-state index in [1.165, 1.54) is 0 Å². The molecule has 5 nitrogen and oxygen atoms in total. The van der Waals surface area contributed by atoms with Crippen LogP contribution in [0.25, 0.3) is 0 Å². The minimum atomic E-state index is -1.97. The van der Waals surface area contributed by atoms with Gasteiger partial charge in [0, 0.05) is 18.1 Å². The van der Waals surface area contributed by atoms with Crippen LogP contribution in [0.15, 0.2) is 18.5 Å². The fourth-order valence-corrected chi connectivity index (χ4v) is 1.96. The van der Waals surface area contributed by atoms with Gasteiger partial charge in [-0.3, -0.25) is 9.54 Å². The standard InChI is InChI=1S/C8H11N3O2S/c12-14(13)11-8-2-1-6-5-9-4-3-7(6)10-8/h3-5,8,10-11H,1-2H2,(H,12,13). The molecule has 14 heavy (non-hydrogen) atoms. The number of anilines is 1. The van der Waals surface area contributed by atoms with E-state index in [-0.39, 0.29) is 6.17 Å². The van der Waals surface area contributed by atoms with Crippen molar-refractivity contribution in [3.63, 3.8) is 0 Å². The van der Waals surface area contributed by atoms with Gasteiger partial charge in [-0.2, -0.15) is 4.72 Å². The predicted molar refractivity (Wildman–Crippen MR) is 53.9 cm³/mol. The number of aromatic nitrogens is 1. The zero-order valence-electron chi connectivity index (χ0n) is 7.43. The summed E-state index contributed by atoms with van der Waals surface area (Å²) in [4.78, 5) is 4.01. The Bertz CT molecular complexity index is 358. The molecule has 0 aromatic carbocycles. The summed E-state index contributed by atoms with van der Waals surface area (Å²) in [6.45, 7) is 0. The summed E-state index contributed by atoms with van der Waals surface area (Å²) in [7, 11) is 0. The maximum Gasteiger partial charge on any atom is 0.233 e. The fourth-order valence-electron chi connectivity index (χ4n) is 1.54. The quantitative estimate of drug-likeness (QED) is 0.625. The van der Waals surface area contributed by atoms with Crippen LogP contribution in [-0.4, -0.2) is 19.9 Å². The molecule has 1 aliphatic rings. The Balaban J connectivity index is 2.09. The van der Waals surface area contributed by atoms with Crippen molar-refractivity contribution >= 4 is 17.0 Å². The smallest absolute Gasteiger partial charge is 0.233 e. The molecule has 0 fully saturated rings. The van der Waals surface area contributed by atoms with Gasteiger partial charge in [-0.15, -0.1) is 0 Å². The topological polar surface area (TPSA) is 74.2 Å². The van der Waals surface area contributed by atoms with Crippen LogP contribution in [0.1, 0.15) is 12.0 Å². The largest absolute Gasteiger partial charge is 0.369 e. The van der Waals surface area contributed by atoms with Crippen molar-refractivity contribution in [3.8, 4) is 0 Å². The zero-order valence-corrected chi connectivity index (χ0v) is 8.25. The third kappa shape index (κ3) is 2.09. The molecule has 0 spiro atoms. The Labute approximate surface area is 84.4 Å². The lowest BCUT2D eigenvalue weighted by Gasteiger charge is -2.25. The van der Waals surface area contributed by atoms with Gasteiger partial charge in [-0.05, 0) is 24.5 Å². The summed E-state index contributed by atoms with van der Waals surface area (Å²) < 4.78 is 21.7. The Hall–Kier alpha value is -0.980. The minimum Gasteiger partial charge on any atom is -0.369 e. The summed E-state index contributed by atoms with van der Waals surface area (Å²) >= 11 is -1.97. The monoisotopic (exact) mass is 213 g/mol. The first-order valence-corrected chi connectivity index (χ1v) is 5.43. The maximum absolute atomic E-state index is 10.5. The molecule has 2 atom stereocenters. The van der Waals surface area contributed by atoms with Gasteiger partial charge < -0.3 is 5.32 Å². The van der Waals surface area contributed by atoms with E-state index in [4.69, 9.17) is 4.55 Å². The Morgan fingerprint density at radius 1 is 1.71 bits per heavy atom. The van der Waals surface area contributed by atoms with E-state index >= 15 is 0 Å². The molecule has 0 saturated carbocycles. The summed E-state index contributed by atoms with van der Waals surface area (Å²) in [5, 5.41) is 3.12. The molecule has 2 rings (SSSR count). The first-order chi connectivity index (χ1) is 6.75. The van der Waals surface area contributed by atoms with Crippen molar-refractivity contribution in [1.82, 2.24) is 9.71 Å². The van der Waals surface area contributed by atoms with Crippen molar-refractivity contribution in [2.24, 2.45) is 0 Å². The molecule has 1 aliphatic heterocycles. The second-order valence-electron chi connectivity index (χ2n) is 3.14. The average molecular weight is 213 g/mol. The molecule has 6 heteroatoms. The van der Waals surface area contributed by atoms with Crippen molar-refractivity contribution in [3.05, 3.63) is 24.0 Å². The van der Waals surface area contributed by atoms with Gasteiger partial charge in [0.25, 0.3) is 0 Å². The highest BCUT2D eigenvalue weighted by Gasteiger charge is 2.17. The summed E-state index contributed by atoms with van der Waals surface area (Å²) in [5.74, 6) is 0. The third-order valence-electron chi connectivity index (χ3n) is 2.18. The van der Waals surface area contributed by atoms with E-state index in [2.05, 4.69) is 15.0 Å². The van der Waals surface area contributed by atoms with Crippen LogP contribution < -0.4 is 10.0 Å². The number of fused-ring (bicyclic) bond motifs is 1. The zero-order chi connectivity index (χ0) is 9.97. The summed E-state index contributed by atoms with van der Waals surface area (Å²) in [5.41, 5.74) is 2.13. The van der Waals surface area contributed by atoms with Gasteiger partial charge in [0.05, 0.1) is 6.17 Å². The molecule has 0 bridgehead atoms. The molecule has 76 valence electrons. The van der Waals surface area contributed by atoms with Crippen LogP contribution in [0.3, 0.4) is 0 Å². The van der Waals surface area contributed by atoms with Crippen LogP contribution in [0.5, 0.6) is 0 Å². The number of nitrogens with one attached hydrogen (secondary N) is 2. The van der Waals surface area contributed by atoms with Gasteiger partial charge in [-0.1, -0.05) is 0 Å². The van der Waals surface area contributed by atoms with Crippen LogP contribution >= 0.6 is 0 Å². The minimum absolute atomic E-state index is 0.143. The molecule has 0 saturated heterocycles. The first kappa shape index (κ1) is 9.57. The summed E-state index contributed by atoms with van der Waals surface area (Å²) in [6, 6.07) is 1.86. The highest BCUT2D eigenvalue weighted by Crippen LogP contribution is 2.22. The molecule has 0 amide bonds. The van der Waals surface area contributed by atoms with Gasteiger partial charge in [0.15, 0.2) is 0 Å². The van der Waals surface area contributed by atoms with Crippen molar-refractivity contribution in [2.75, 3.05) is 5.32 Å². The summed E-state index contributed by atoms with van der Waals surface area (Å²) in [6.07, 6.45) is 5.02. The number of hydrogen-bond donors (Lipinski definition) is 3. The predicted octanol–water partition coefficient (Wildman–Crippen LogP) is 0.492. The number of hydrogen-bond acceptors (Lipinski definition) is 3. The third-order valence-corrected chi connectivity index (χ3v) is 2.66. The lowest BCUT2D eigenvalue weighted by atomic mass is 10.0. The number of rotatable bonds is 2. The highest BCUT2D eigenvalue weighted by molar-refractivity contribution is 7.77. The maximum atomic E-state index is 10.5. The van der Waals surface area contributed by atoms with Crippen LogP contribution in [0, 0.1) is 0 Å². The van der Waals surface area contributed by atoms with Crippen LogP contribution in [0.4, 0.5) is 5.69 Å². The number of nitrogens with zero attached hydrogens (tertiary/aromatic N) is 1. The second-order valence-corrected chi connectivity index (χ2v) is 3.87. The van der Waals surface area contributed by atoms with Gasteiger partial charge >= 0.3 is 0 Å². The molecule has 2 heterocycles. The van der Waals surface area contributed by atoms with Gasteiger partial charge in [0.2, 0.25) is 11.3 Å². The first-order valence-electron chi connectivity index (χ1n) is 4.32. The Morgan fingerprint density at radius 2 is 2.57 bits per heavy atom. The molecule has 1 aromatic heterocycles. The highest BCUT2D eigenvalue weighted by atomic mass is 32.2. The van der Waals surface area contributed by atoms with E-state index in [1.54, 1.807) is 6.20 Å². The normalized spacial score (nSPS) is 22.2. The van der Waals surface area contributed by atoms with E-state index in [0.29, 0.717) is 0 Å². The van der Waals surface area contributed by atoms with E-state index < -0.39 is 11.3 Å². The lowest BCUT2D eigenvalue weighted by Crippen LogP contribution is -2.40. The Morgan fingerprint density at radius 3 is 3.36 bits per heavy atom. The molecule has 3 N–H and O–H groups in total. The molecule has 1 aromatic rings. The van der Waals surface area contributed by atoms with Gasteiger partial charge in [-0.25, -0.2) is 4.21 Å². The SMILES string of the molecule is O=S(O)NC1CCc2cnccc2N1. The Kier molecular flexibility index (Phi) is 2.76. The molecular weight excluding hydrogens is 202 g/mol. The van der Waals surface area contributed by atoms with Crippen molar-refractivity contribution < 1.29 is 8.76 Å². The van der Waals surface area contributed by atoms with E-state index in [9.17, 15) is 4.21 Å². The van der Waals surface area contributed by atoms with Crippen molar-refractivity contribution in [1.29, 1.82) is 0 Å². The lowest BCUT2D eigenvalue weighted by molar-refractivity contribution is 0.520. The van der Waals surface area contributed by atoms with Crippen LogP contribution in [0.2, 0.25) is 0 Å². The molecule has 0 aliphatic carbocycles. The van der Waals surface area contributed by atoms with Gasteiger partial charge in [0.1, 0.15) is 0 Å². The molecular formula is C8H11N3O2S. The van der Waals surface area contributed by atoms with E-state index in [0.717, 1.165) is 24.1 Å². The fraction of sp³-hybridized carbons (Fsp3) is 0.375. The average Bonchev–Trinajstić information content (AvgIpc) is 2.17.